The summed E-state index contributed by atoms with van der Waals surface area (Å²) < 4.78 is 1.74. The second-order valence-electron chi connectivity index (χ2n) is 5.11. The molecule has 0 spiro atoms. The zero-order valence-corrected chi connectivity index (χ0v) is 11.8. The molecule has 0 unspecified atom stereocenters. The van der Waals surface area contributed by atoms with Gasteiger partial charge in [-0.25, -0.2) is 4.98 Å². The van der Waals surface area contributed by atoms with Crippen molar-refractivity contribution in [2.45, 2.75) is 38.6 Å². The minimum Gasteiger partial charge on any atom is -0.354 e. The number of aryl methyl sites for hydroxylation is 1. The van der Waals surface area contributed by atoms with E-state index in [1.54, 1.807) is 4.68 Å². The number of carbonyl (C=O) groups is 1. The highest BCUT2D eigenvalue weighted by atomic mass is 16.2. The van der Waals surface area contributed by atoms with Gasteiger partial charge in [0.2, 0.25) is 5.91 Å². The molecule has 2 rings (SSSR count). The molecule has 1 aromatic heterocycles. The number of amides is 1. The number of hydrogen-bond donors (Lipinski definition) is 1. The Morgan fingerprint density at radius 2 is 2.16 bits per heavy atom. The van der Waals surface area contributed by atoms with E-state index in [0.717, 1.165) is 25.3 Å². The number of aromatic nitrogens is 3. The van der Waals surface area contributed by atoms with Crippen LogP contribution in [0, 0.1) is 0 Å². The molecule has 0 saturated carbocycles. The normalized spacial score (nSPS) is 18.2. The molecule has 1 N–H and O–H groups in total. The Bertz CT molecular complexity index is 411. The zero-order valence-electron chi connectivity index (χ0n) is 11.8. The average molecular weight is 265 g/mol. The molecule has 2 heterocycles. The average Bonchev–Trinajstić information content (AvgIpc) is 2.84. The predicted molar refractivity (Wildman–Crippen MR) is 72.6 cm³/mol. The summed E-state index contributed by atoms with van der Waals surface area (Å²) in [7, 11) is 1.86. The smallest absolute Gasteiger partial charge is 0.237 e. The standard InChI is InChI=1S/C13H23N5O/c1-11(18-8-4-3-5-9-18)13(19)14-7-6-12-15-10-16-17(12)2/h10-11H,3-9H2,1-2H3,(H,14,19)/t11-/m0/s1. The lowest BCUT2D eigenvalue weighted by molar-refractivity contribution is -0.126. The summed E-state index contributed by atoms with van der Waals surface area (Å²) in [6.45, 7) is 4.68. The summed E-state index contributed by atoms with van der Waals surface area (Å²) in [5.41, 5.74) is 0. The molecule has 0 aromatic carbocycles. The van der Waals surface area contributed by atoms with Gasteiger partial charge in [0.15, 0.2) is 0 Å². The second kappa shape index (κ2) is 6.65. The van der Waals surface area contributed by atoms with Crippen LogP contribution in [0.25, 0.3) is 0 Å². The first-order valence-electron chi connectivity index (χ1n) is 7.03. The summed E-state index contributed by atoms with van der Waals surface area (Å²) in [5, 5.41) is 6.99. The van der Waals surface area contributed by atoms with Gasteiger partial charge in [-0.2, -0.15) is 5.10 Å². The molecule has 1 aliphatic rings. The van der Waals surface area contributed by atoms with E-state index in [0.29, 0.717) is 6.54 Å². The molecule has 19 heavy (non-hydrogen) atoms. The molecule has 6 nitrogen and oxygen atoms in total. The number of nitrogens with one attached hydrogen (secondary N) is 1. The number of nitrogens with zero attached hydrogens (tertiary/aromatic N) is 4. The Kier molecular flexibility index (Phi) is 4.90. The first kappa shape index (κ1) is 14.0. The van der Waals surface area contributed by atoms with Crippen molar-refractivity contribution in [2.75, 3.05) is 19.6 Å². The number of carbonyl (C=O) groups excluding carboxylic acids is 1. The highest BCUT2D eigenvalue weighted by Gasteiger charge is 2.22. The Hall–Kier alpha value is -1.43. The SMILES string of the molecule is C[C@@H](C(=O)NCCc1ncnn1C)N1CCCCC1. The number of piperidine rings is 1. The van der Waals surface area contributed by atoms with Crippen LogP contribution in [0.3, 0.4) is 0 Å². The summed E-state index contributed by atoms with van der Waals surface area (Å²) in [6, 6.07) is -0.0280. The number of rotatable bonds is 5. The third-order valence-corrected chi connectivity index (χ3v) is 3.77. The van der Waals surface area contributed by atoms with Crippen LogP contribution < -0.4 is 5.32 Å². The van der Waals surface area contributed by atoms with Gasteiger partial charge in [0, 0.05) is 20.0 Å². The molecule has 0 bridgehead atoms. The van der Waals surface area contributed by atoms with E-state index >= 15 is 0 Å². The zero-order chi connectivity index (χ0) is 13.7. The molecule has 1 fully saturated rings. The van der Waals surface area contributed by atoms with E-state index in [1.165, 1.54) is 25.6 Å². The highest BCUT2D eigenvalue weighted by molar-refractivity contribution is 5.81. The van der Waals surface area contributed by atoms with Crippen molar-refractivity contribution in [3.05, 3.63) is 12.2 Å². The second-order valence-corrected chi connectivity index (χ2v) is 5.11. The van der Waals surface area contributed by atoms with Crippen LogP contribution >= 0.6 is 0 Å². The summed E-state index contributed by atoms with van der Waals surface area (Å²) in [5.74, 6) is 1.01. The fraction of sp³-hybridized carbons (Fsp3) is 0.769. The van der Waals surface area contributed by atoms with E-state index < -0.39 is 0 Å². The highest BCUT2D eigenvalue weighted by Crippen LogP contribution is 2.11. The Morgan fingerprint density at radius 3 is 2.79 bits per heavy atom. The van der Waals surface area contributed by atoms with Crippen LogP contribution in [-0.2, 0) is 18.3 Å². The third kappa shape index (κ3) is 3.76. The Balaban J connectivity index is 1.73. The van der Waals surface area contributed by atoms with Crippen LogP contribution in [0.15, 0.2) is 6.33 Å². The van der Waals surface area contributed by atoms with Crippen LogP contribution in [0.2, 0.25) is 0 Å². The van der Waals surface area contributed by atoms with Gasteiger partial charge >= 0.3 is 0 Å². The lowest BCUT2D eigenvalue weighted by Gasteiger charge is -2.31. The molecule has 1 saturated heterocycles. The van der Waals surface area contributed by atoms with Crippen LogP contribution in [-0.4, -0.2) is 51.2 Å². The van der Waals surface area contributed by atoms with Crippen molar-refractivity contribution in [3.8, 4) is 0 Å². The van der Waals surface area contributed by atoms with Gasteiger partial charge in [0.05, 0.1) is 6.04 Å². The molecule has 1 amide bonds. The maximum atomic E-state index is 12.1. The van der Waals surface area contributed by atoms with Gasteiger partial charge in [-0.3, -0.25) is 14.4 Å². The molecule has 106 valence electrons. The molecule has 0 radical (unpaired) electrons. The fourth-order valence-corrected chi connectivity index (χ4v) is 2.46. The molecule has 6 heteroatoms. The van der Waals surface area contributed by atoms with Crippen molar-refractivity contribution in [1.82, 2.24) is 25.0 Å². The monoisotopic (exact) mass is 265 g/mol. The van der Waals surface area contributed by atoms with Gasteiger partial charge < -0.3 is 5.32 Å². The van der Waals surface area contributed by atoms with Gasteiger partial charge in [0.25, 0.3) is 0 Å². The van der Waals surface area contributed by atoms with Crippen LogP contribution in [0.5, 0.6) is 0 Å². The lowest BCUT2D eigenvalue weighted by Crippen LogP contribution is -2.47. The first-order chi connectivity index (χ1) is 9.18. The third-order valence-electron chi connectivity index (χ3n) is 3.77. The quantitative estimate of drug-likeness (QED) is 0.834. The Labute approximate surface area is 114 Å². The molecule has 1 aromatic rings. The lowest BCUT2D eigenvalue weighted by atomic mass is 10.1. The molecular formula is C13H23N5O. The van der Waals surface area contributed by atoms with Crippen molar-refractivity contribution in [2.24, 2.45) is 7.05 Å². The van der Waals surface area contributed by atoms with Crippen molar-refractivity contribution >= 4 is 5.91 Å². The van der Waals surface area contributed by atoms with Crippen molar-refractivity contribution in [3.63, 3.8) is 0 Å². The molecule has 1 atom stereocenters. The summed E-state index contributed by atoms with van der Waals surface area (Å²) >= 11 is 0. The van der Waals surface area contributed by atoms with Crippen molar-refractivity contribution in [1.29, 1.82) is 0 Å². The Morgan fingerprint density at radius 1 is 1.42 bits per heavy atom. The topological polar surface area (TPSA) is 63.1 Å². The van der Waals surface area contributed by atoms with Crippen molar-refractivity contribution < 1.29 is 4.79 Å². The van der Waals surface area contributed by atoms with Crippen LogP contribution in [0.4, 0.5) is 0 Å². The van der Waals surface area contributed by atoms with E-state index in [4.69, 9.17) is 0 Å². The number of likely N-dealkylation sites (tertiary alicyclic amines) is 1. The fourth-order valence-electron chi connectivity index (χ4n) is 2.46. The molecule has 0 aliphatic carbocycles. The minimum atomic E-state index is -0.0280. The predicted octanol–water partition coefficient (Wildman–Crippen LogP) is 0.348. The first-order valence-corrected chi connectivity index (χ1v) is 7.03. The van der Waals surface area contributed by atoms with Crippen LogP contribution in [0.1, 0.15) is 32.0 Å². The van der Waals surface area contributed by atoms with E-state index in [9.17, 15) is 4.79 Å². The van der Waals surface area contributed by atoms with Gasteiger partial charge in [-0.05, 0) is 32.9 Å². The summed E-state index contributed by atoms with van der Waals surface area (Å²) in [6.07, 6.45) is 5.95. The molecule has 1 aliphatic heterocycles. The van der Waals surface area contributed by atoms with E-state index in [-0.39, 0.29) is 11.9 Å². The van der Waals surface area contributed by atoms with Gasteiger partial charge in [0.1, 0.15) is 12.2 Å². The minimum absolute atomic E-state index is 0.0280. The maximum Gasteiger partial charge on any atom is 0.237 e. The largest absolute Gasteiger partial charge is 0.354 e. The molecular weight excluding hydrogens is 242 g/mol. The maximum absolute atomic E-state index is 12.1. The van der Waals surface area contributed by atoms with E-state index in [1.807, 2.05) is 14.0 Å². The van der Waals surface area contributed by atoms with Gasteiger partial charge in [-0.1, -0.05) is 6.42 Å². The number of hydrogen-bond acceptors (Lipinski definition) is 4. The van der Waals surface area contributed by atoms with E-state index in [2.05, 4.69) is 20.3 Å². The summed E-state index contributed by atoms with van der Waals surface area (Å²) in [4.78, 5) is 18.5. The van der Waals surface area contributed by atoms with Gasteiger partial charge in [-0.15, -0.1) is 0 Å².